The van der Waals surface area contributed by atoms with Crippen LogP contribution in [0.15, 0.2) is 102 Å². The van der Waals surface area contributed by atoms with Gasteiger partial charge in [-0.1, -0.05) is 41.9 Å². The summed E-state index contributed by atoms with van der Waals surface area (Å²) in [6.45, 7) is 0. The minimum atomic E-state index is -3.83. The molecular formula is C26H19ClN4O3S. The molecule has 0 aliphatic carbocycles. The van der Waals surface area contributed by atoms with Crippen molar-refractivity contribution in [2.75, 3.05) is 10.0 Å². The number of rotatable bonds is 6. The van der Waals surface area contributed by atoms with Crippen molar-refractivity contribution in [1.29, 1.82) is 0 Å². The van der Waals surface area contributed by atoms with E-state index in [0.29, 0.717) is 22.1 Å². The largest absolute Gasteiger partial charge is 0.338 e. The first kappa shape index (κ1) is 22.6. The first-order valence-corrected chi connectivity index (χ1v) is 12.5. The number of benzene rings is 4. The van der Waals surface area contributed by atoms with Crippen LogP contribution >= 0.6 is 11.6 Å². The molecule has 0 unspecified atom stereocenters. The van der Waals surface area contributed by atoms with Gasteiger partial charge in [0.25, 0.3) is 15.9 Å². The van der Waals surface area contributed by atoms with Gasteiger partial charge in [-0.2, -0.15) is 0 Å². The highest BCUT2D eigenvalue weighted by Crippen LogP contribution is 2.24. The maximum Gasteiger partial charge on any atom is 0.261 e. The van der Waals surface area contributed by atoms with E-state index in [-0.39, 0.29) is 16.5 Å². The number of aromatic nitrogens is 2. The Morgan fingerprint density at radius 1 is 0.829 bits per heavy atom. The molecule has 5 rings (SSSR count). The number of halogens is 1. The van der Waals surface area contributed by atoms with Gasteiger partial charge in [0.05, 0.1) is 15.9 Å². The summed E-state index contributed by atoms with van der Waals surface area (Å²) in [5, 5.41) is 3.29. The quantitative estimate of drug-likeness (QED) is 0.267. The lowest BCUT2D eigenvalue weighted by molar-refractivity contribution is 0.102. The van der Waals surface area contributed by atoms with Gasteiger partial charge in [-0.05, 0) is 66.7 Å². The molecule has 1 amide bonds. The Morgan fingerprint density at radius 3 is 2.37 bits per heavy atom. The predicted octanol–water partition coefficient (Wildman–Crippen LogP) is 5.94. The van der Waals surface area contributed by atoms with Gasteiger partial charge in [0, 0.05) is 27.5 Å². The smallest absolute Gasteiger partial charge is 0.261 e. The fourth-order valence-corrected chi connectivity index (χ4v) is 4.76. The SMILES string of the molecule is O=C(Nc1cccc(-c2nc3ccccc3[nH]2)c1)c1cccc(NS(=O)(=O)c2ccc(Cl)cc2)c1. The van der Waals surface area contributed by atoms with Crippen molar-refractivity contribution in [2.45, 2.75) is 4.90 Å². The van der Waals surface area contributed by atoms with Crippen LogP contribution in [0.2, 0.25) is 5.02 Å². The van der Waals surface area contributed by atoms with Crippen molar-refractivity contribution in [3.05, 3.63) is 108 Å². The Labute approximate surface area is 206 Å². The average Bonchev–Trinajstić information content (AvgIpc) is 3.29. The number of sulfonamides is 1. The molecule has 1 aromatic heterocycles. The summed E-state index contributed by atoms with van der Waals surface area (Å²) in [6.07, 6.45) is 0. The molecule has 1 heterocycles. The van der Waals surface area contributed by atoms with Gasteiger partial charge >= 0.3 is 0 Å². The number of nitrogens with one attached hydrogen (secondary N) is 3. The third kappa shape index (κ3) is 5.03. The Balaban J connectivity index is 1.34. The van der Waals surface area contributed by atoms with Gasteiger partial charge in [-0.25, -0.2) is 13.4 Å². The summed E-state index contributed by atoms with van der Waals surface area (Å²) in [7, 11) is -3.83. The first-order valence-electron chi connectivity index (χ1n) is 10.6. The second-order valence-electron chi connectivity index (χ2n) is 7.78. The second-order valence-corrected chi connectivity index (χ2v) is 9.90. The fraction of sp³-hybridized carbons (Fsp3) is 0. The number of carbonyl (C=O) groups is 1. The zero-order valence-corrected chi connectivity index (χ0v) is 19.8. The van der Waals surface area contributed by atoms with Crippen LogP contribution in [0.3, 0.4) is 0 Å². The molecule has 0 atom stereocenters. The number of H-pyrrole nitrogens is 1. The molecule has 0 saturated heterocycles. The van der Waals surface area contributed by atoms with Crippen LogP contribution in [0.5, 0.6) is 0 Å². The van der Waals surface area contributed by atoms with Gasteiger partial charge in [0.1, 0.15) is 5.82 Å². The molecule has 35 heavy (non-hydrogen) atoms. The number of para-hydroxylation sites is 2. The van der Waals surface area contributed by atoms with Crippen molar-refractivity contribution < 1.29 is 13.2 Å². The summed E-state index contributed by atoms with van der Waals surface area (Å²) in [5.74, 6) is 0.320. The van der Waals surface area contributed by atoms with E-state index in [9.17, 15) is 13.2 Å². The van der Waals surface area contributed by atoms with Crippen LogP contribution in [0.25, 0.3) is 22.4 Å². The molecule has 0 aliphatic rings. The molecule has 0 aliphatic heterocycles. The van der Waals surface area contributed by atoms with Crippen LogP contribution in [-0.2, 0) is 10.0 Å². The normalized spacial score (nSPS) is 11.3. The van der Waals surface area contributed by atoms with Gasteiger partial charge in [0.15, 0.2) is 0 Å². The van der Waals surface area contributed by atoms with E-state index in [1.807, 2.05) is 42.5 Å². The highest BCUT2D eigenvalue weighted by atomic mass is 35.5. The number of fused-ring (bicyclic) bond motifs is 1. The molecule has 3 N–H and O–H groups in total. The molecule has 9 heteroatoms. The molecule has 0 radical (unpaired) electrons. The van der Waals surface area contributed by atoms with E-state index in [1.165, 1.54) is 30.3 Å². The van der Waals surface area contributed by atoms with Crippen molar-refractivity contribution in [2.24, 2.45) is 0 Å². The van der Waals surface area contributed by atoms with E-state index in [0.717, 1.165) is 16.6 Å². The molecule has 4 aromatic carbocycles. The Kier molecular flexibility index (Phi) is 5.98. The lowest BCUT2D eigenvalue weighted by Gasteiger charge is -2.10. The maximum absolute atomic E-state index is 12.9. The van der Waals surface area contributed by atoms with Gasteiger partial charge in [-0.15, -0.1) is 0 Å². The topological polar surface area (TPSA) is 104 Å². The van der Waals surface area contributed by atoms with Crippen LogP contribution in [0.1, 0.15) is 10.4 Å². The minimum absolute atomic E-state index is 0.0687. The molecule has 7 nitrogen and oxygen atoms in total. The van der Waals surface area contributed by atoms with Crippen LogP contribution in [-0.4, -0.2) is 24.3 Å². The first-order chi connectivity index (χ1) is 16.9. The zero-order chi connectivity index (χ0) is 24.4. The molecule has 0 spiro atoms. The van der Waals surface area contributed by atoms with E-state index in [4.69, 9.17) is 11.6 Å². The number of amides is 1. The van der Waals surface area contributed by atoms with Crippen molar-refractivity contribution in [1.82, 2.24) is 9.97 Å². The van der Waals surface area contributed by atoms with Gasteiger partial charge < -0.3 is 10.3 Å². The van der Waals surface area contributed by atoms with Crippen LogP contribution < -0.4 is 10.0 Å². The maximum atomic E-state index is 12.9. The Bertz CT molecular complexity index is 1610. The summed E-state index contributed by atoms with van der Waals surface area (Å²) in [4.78, 5) is 20.8. The van der Waals surface area contributed by atoms with Crippen LogP contribution in [0, 0.1) is 0 Å². The molecule has 0 saturated carbocycles. The minimum Gasteiger partial charge on any atom is -0.338 e. The van der Waals surface area contributed by atoms with E-state index in [1.54, 1.807) is 24.3 Å². The lowest BCUT2D eigenvalue weighted by Crippen LogP contribution is -2.15. The average molecular weight is 503 g/mol. The van der Waals surface area contributed by atoms with Crippen LogP contribution in [0.4, 0.5) is 11.4 Å². The van der Waals surface area contributed by atoms with Gasteiger partial charge in [0.2, 0.25) is 0 Å². The number of imidazole rings is 1. The fourth-order valence-electron chi connectivity index (χ4n) is 3.59. The predicted molar refractivity (Wildman–Crippen MR) is 138 cm³/mol. The monoisotopic (exact) mass is 502 g/mol. The summed E-state index contributed by atoms with van der Waals surface area (Å²) >= 11 is 5.84. The number of carbonyl (C=O) groups excluding carboxylic acids is 1. The highest BCUT2D eigenvalue weighted by Gasteiger charge is 2.15. The molecule has 0 fully saturated rings. The van der Waals surface area contributed by atoms with Gasteiger partial charge in [-0.3, -0.25) is 9.52 Å². The van der Waals surface area contributed by atoms with Crippen molar-refractivity contribution >= 4 is 49.9 Å². The number of hydrogen-bond donors (Lipinski definition) is 3. The van der Waals surface area contributed by atoms with E-state index >= 15 is 0 Å². The Morgan fingerprint density at radius 2 is 1.57 bits per heavy atom. The van der Waals surface area contributed by atoms with Crippen molar-refractivity contribution in [3.63, 3.8) is 0 Å². The number of nitrogens with zero attached hydrogens (tertiary/aromatic N) is 1. The summed E-state index contributed by atoms with van der Waals surface area (Å²) in [5.41, 5.74) is 3.76. The number of aromatic amines is 1. The molecule has 5 aromatic rings. The van der Waals surface area contributed by atoms with Crippen molar-refractivity contribution in [3.8, 4) is 11.4 Å². The summed E-state index contributed by atoms with van der Waals surface area (Å²) < 4.78 is 27.8. The standard InChI is InChI=1S/C26H19ClN4O3S/c27-19-11-13-22(14-12-19)35(33,34)31-21-8-4-6-18(16-21)26(32)28-20-7-3-5-17(15-20)25-29-23-9-1-2-10-24(23)30-25/h1-16,31H,(H,28,32)(H,29,30). The third-order valence-corrected chi connectivity index (χ3v) is 6.93. The highest BCUT2D eigenvalue weighted by molar-refractivity contribution is 7.92. The molecule has 0 bridgehead atoms. The zero-order valence-electron chi connectivity index (χ0n) is 18.2. The number of hydrogen-bond acceptors (Lipinski definition) is 4. The molecular weight excluding hydrogens is 484 g/mol. The van der Waals surface area contributed by atoms with E-state index in [2.05, 4.69) is 20.0 Å². The van der Waals surface area contributed by atoms with E-state index < -0.39 is 10.0 Å². The molecule has 174 valence electrons. The number of anilines is 2. The lowest BCUT2D eigenvalue weighted by atomic mass is 10.1. The summed E-state index contributed by atoms with van der Waals surface area (Å²) in [6, 6.07) is 27.2. The Hall–Kier alpha value is -4.14. The second kappa shape index (κ2) is 9.25. The third-order valence-electron chi connectivity index (χ3n) is 5.28.